The van der Waals surface area contributed by atoms with Crippen LogP contribution in [0.3, 0.4) is 0 Å². The van der Waals surface area contributed by atoms with Crippen molar-refractivity contribution in [3.63, 3.8) is 0 Å². The zero-order valence-electron chi connectivity index (χ0n) is 11.6. The molecule has 2 N–H and O–H groups in total. The Morgan fingerprint density at radius 3 is 2.35 bits per heavy atom. The molecule has 0 saturated carbocycles. The summed E-state index contributed by atoms with van der Waals surface area (Å²) in [5.74, 6) is 1.31. The van der Waals surface area contributed by atoms with Crippen molar-refractivity contribution in [3.05, 3.63) is 16.2 Å². The van der Waals surface area contributed by atoms with Crippen molar-refractivity contribution in [2.75, 3.05) is 26.3 Å². The minimum Gasteiger partial charge on any atom is -0.486 e. The summed E-state index contributed by atoms with van der Waals surface area (Å²) in [6.07, 6.45) is 2.33. The number of halogens is 1. The Hall–Kier alpha value is -0.850. The maximum atomic E-state index is 5.86. The fraction of sp³-hybridized carbons (Fsp3) is 0.643. The molecular weight excluding hydrogens is 322 g/mol. The van der Waals surface area contributed by atoms with E-state index < -0.39 is 0 Å². The Bertz CT molecular complexity index is 433. The summed E-state index contributed by atoms with van der Waals surface area (Å²) >= 11 is 3.50. The molecule has 6 heteroatoms. The Morgan fingerprint density at radius 2 is 1.80 bits per heavy atom. The van der Waals surface area contributed by atoms with Crippen molar-refractivity contribution < 1.29 is 9.47 Å². The Kier molecular flexibility index (Phi) is 4.43. The molecule has 0 aliphatic carbocycles. The van der Waals surface area contributed by atoms with Crippen molar-refractivity contribution in [2.24, 2.45) is 0 Å². The smallest absolute Gasteiger partial charge is 0.257 e. The molecule has 2 fully saturated rings. The van der Waals surface area contributed by atoms with E-state index >= 15 is 0 Å². The number of rotatable bonds is 6. The van der Waals surface area contributed by atoms with Crippen LogP contribution < -0.4 is 20.1 Å². The lowest BCUT2D eigenvalue weighted by molar-refractivity contribution is 0.183. The SMILES string of the molecule is Cc1nc(OC[C@@H]2CCN2)c(OC[C@@H]2CCN2)cc1Br. The molecule has 3 heterocycles. The van der Waals surface area contributed by atoms with E-state index in [-0.39, 0.29) is 0 Å². The van der Waals surface area contributed by atoms with Crippen LogP contribution in [0.25, 0.3) is 0 Å². The second-order valence-electron chi connectivity index (χ2n) is 5.36. The Morgan fingerprint density at radius 1 is 1.20 bits per heavy atom. The average Bonchev–Trinajstić information content (AvgIpc) is 2.30. The third kappa shape index (κ3) is 3.24. The van der Waals surface area contributed by atoms with Gasteiger partial charge in [0, 0.05) is 22.6 Å². The summed E-state index contributed by atoms with van der Waals surface area (Å²) in [7, 11) is 0. The molecule has 2 saturated heterocycles. The van der Waals surface area contributed by atoms with Crippen molar-refractivity contribution in [1.29, 1.82) is 0 Å². The molecule has 0 spiro atoms. The van der Waals surface area contributed by atoms with Gasteiger partial charge in [0.15, 0.2) is 5.75 Å². The van der Waals surface area contributed by atoms with E-state index in [4.69, 9.17) is 9.47 Å². The first kappa shape index (κ1) is 14.1. The second-order valence-corrected chi connectivity index (χ2v) is 6.21. The van der Waals surface area contributed by atoms with E-state index in [0.717, 1.165) is 35.4 Å². The van der Waals surface area contributed by atoms with E-state index in [1.807, 2.05) is 13.0 Å². The highest BCUT2D eigenvalue weighted by molar-refractivity contribution is 9.10. The summed E-state index contributed by atoms with van der Waals surface area (Å²) in [6, 6.07) is 2.85. The highest BCUT2D eigenvalue weighted by Gasteiger charge is 2.21. The van der Waals surface area contributed by atoms with Crippen LogP contribution in [0.2, 0.25) is 0 Å². The molecule has 3 rings (SSSR count). The van der Waals surface area contributed by atoms with Gasteiger partial charge in [-0.25, -0.2) is 4.98 Å². The van der Waals surface area contributed by atoms with Crippen molar-refractivity contribution in [1.82, 2.24) is 15.6 Å². The van der Waals surface area contributed by atoms with Gasteiger partial charge in [-0.1, -0.05) is 0 Å². The molecular formula is C14H20BrN3O2. The Balaban J connectivity index is 1.65. The lowest BCUT2D eigenvalue weighted by atomic mass is 10.1. The molecule has 2 aliphatic rings. The van der Waals surface area contributed by atoms with Gasteiger partial charge >= 0.3 is 0 Å². The number of nitrogens with zero attached hydrogens (tertiary/aromatic N) is 1. The molecule has 2 atom stereocenters. The highest BCUT2D eigenvalue weighted by Crippen LogP contribution is 2.31. The largest absolute Gasteiger partial charge is 0.486 e. The van der Waals surface area contributed by atoms with Crippen LogP contribution in [0.4, 0.5) is 0 Å². The molecule has 110 valence electrons. The van der Waals surface area contributed by atoms with E-state index in [0.29, 0.717) is 31.2 Å². The predicted molar refractivity (Wildman–Crippen MR) is 80.5 cm³/mol. The first-order chi connectivity index (χ1) is 9.72. The van der Waals surface area contributed by atoms with Gasteiger partial charge in [0.2, 0.25) is 0 Å². The number of hydrogen-bond acceptors (Lipinski definition) is 5. The minimum absolute atomic E-state index is 0.446. The number of hydrogen-bond donors (Lipinski definition) is 2. The molecule has 1 aromatic heterocycles. The van der Waals surface area contributed by atoms with E-state index in [1.165, 1.54) is 6.42 Å². The van der Waals surface area contributed by atoms with Gasteiger partial charge in [-0.15, -0.1) is 0 Å². The van der Waals surface area contributed by atoms with Gasteiger partial charge in [-0.2, -0.15) is 0 Å². The third-order valence-corrected chi connectivity index (χ3v) is 4.60. The predicted octanol–water partition coefficient (Wildman–Crippen LogP) is 1.63. The summed E-state index contributed by atoms with van der Waals surface area (Å²) in [6.45, 7) is 5.43. The molecule has 1 aromatic rings. The number of ether oxygens (including phenoxy) is 2. The topological polar surface area (TPSA) is 55.4 Å². The van der Waals surface area contributed by atoms with Crippen LogP contribution in [-0.2, 0) is 0 Å². The van der Waals surface area contributed by atoms with Gasteiger partial charge in [-0.3, -0.25) is 0 Å². The van der Waals surface area contributed by atoms with Gasteiger partial charge < -0.3 is 20.1 Å². The standard InChI is InChI=1S/C14H20BrN3O2/c1-9-12(15)6-13(19-7-10-2-4-16-10)14(18-9)20-8-11-3-5-17-11/h6,10-11,16-17H,2-5,7-8H2,1H3/t10-,11-/m0/s1. The summed E-state index contributed by atoms with van der Waals surface area (Å²) in [5, 5.41) is 6.64. The lowest BCUT2D eigenvalue weighted by Gasteiger charge is -2.29. The average molecular weight is 342 g/mol. The van der Waals surface area contributed by atoms with E-state index in [1.54, 1.807) is 0 Å². The van der Waals surface area contributed by atoms with Crippen LogP contribution in [-0.4, -0.2) is 43.4 Å². The molecule has 0 bridgehead atoms. The number of aryl methyl sites for hydroxylation is 1. The normalized spacial score (nSPS) is 24.7. The summed E-state index contributed by atoms with van der Waals surface area (Å²) in [5.41, 5.74) is 0.913. The number of nitrogens with one attached hydrogen (secondary N) is 2. The van der Waals surface area contributed by atoms with E-state index in [9.17, 15) is 0 Å². The molecule has 2 aliphatic heterocycles. The quantitative estimate of drug-likeness (QED) is 0.823. The monoisotopic (exact) mass is 341 g/mol. The van der Waals surface area contributed by atoms with Gasteiger partial charge in [0.1, 0.15) is 13.2 Å². The minimum atomic E-state index is 0.446. The lowest BCUT2D eigenvalue weighted by Crippen LogP contribution is -2.47. The van der Waals surface area contributed by atoms with Crippen LogP contribution in [0.5, 0.6) is 11.6 Å². The number of aromatic nitrogens is 1. The third-order valence-electron chi connectivity index (χ3n) is 3.80. The molecule has 0 amide bonds. The van der Waals surface area contributed by atoms with Gasteiger partial charge in [0.05, 0.1) is 5.69 Å². The zero-order valence-corrected chi connectivity index (χ0v) is 13.2. The van der Waals surface area contributed by atoms with Crippen LogP contribution in [0.1, 0.15) is 18.5 Å². The highest BCUT2D eigenvalue weighted by atomic mass is 79.9. The molecule has 20 heavy (non-hydrogen) atoms. The van der Waals surface area contributed by atoms with Crippen molar-refractivity contribution in [2.45, 2.75) is 31.8 Å². The molecule has 0 aromatic carbocycles. The van der Waals surface area contributed by atoms with Crippen molar-refractivity contribution in [3.8, 4) is 11.6 Å². The van der Waals surface area contributed by atoms with Crippen LogP contribution in [0, 0.1) is 6.92 Å². The van der Waals surface area contributed by atoms with Crippen LogP contribution in [0.15, 0.2) is 10.5 Å². The summed E-state index contributed by atoms with van der Waals surface area (Å²) < 4.78 is 12.6. The molecule has 0 unspecified atom stereocenters. The summed E-state index contributed by atoms with van der Waals surface area (Å²) in [4.78, 5) is 4.48. The first-order valence-electron chi connectivity index (χ1n) is 7.12. The fourth-order valence-electron chi connectivity index (χ4n) is 2.10. The van der Waals surface area contributed by atoms with Gasteiger partial charge in [-0.05, 0) is 48.8 Å². The molecule has 0 radical (unpaired) electrons. The van der Waals surface area contributed by atoms with Gasteiger partial charge in [0.25, 0.3) is 5.88 Å². The Labute approximate surface area is 127 Å². The maximum absolute atomic E-state index is 5.86. The fourth-order valence-corrected chi connectivity index (χ4v) is 2.40. The molecule has 5 nitrogen and oxygen atoms in total. The van der Waals surface area contributed by atoms with E-state index in [2.05, 4.69) is 31.5 Å². The number of pyridine rings is 1. The maximum Gasteiger partial charge on any atom is 0.257 e. The van der Waals surface area contributed by atoms with Crippen molar-refractivity contribution >= 4 is 15.9 Å². The van der Waals surface area contributed by atoms with Crippen LogP contribution >= 0.6 is 15.9 Å². The zero-order chi connectivity index (χ0) is 13.9. The second kappa shape index (κ2) is 6.28. The first-order valence-corrected chi connectivity index (χ1v) is 7.91.